The Bertz CT molecular complexity index is 1130. The Kier molecular flexibility index (Phi) is 4.05. The molecule has 1 saturated heterocycles. The van der Waals surface area contributed by atoms with Crippen molar-refractivity contribution in [2.24, 2.45) is 7.05 Å². The van der Waals surface area contributed by atoms with Crippen molar-refractivity contribution in [1.29, 1.82) is 0 Å². The summed E-state index contributed by atoms with van der Waals surface area (Å²) in [6, 6.07) is 7.95. The lowest BCUT2D eigenvalue weighted by Gasteiger charge is -2.31. The number of nitrogens with one attached hydrogen (secondary N) is 1. The molecule has 0 unspecified atom stereocenters. The number of hydrogen-bond donors (Lipinski definition) is 2. The van der Waals surface area contributed by atoms with Crippen molar-refractivity contribution < 1.29 is 5.11 Å². The van der Waals surface area contributed by atoms with Gasteiger partial charge >= 0.3 is 0 Å². The minimum Gasteiger partial charge on any atom is -0.391 e. The summed E-state index contributed by atoms with van der Waals surface area (Å²) in [7, 11) is 1.89. The van der Waals surface area contributed by atoms with Gasteiger partial charge in [-0.3, -0.25) is 14.8 Å². The molecule has 28 heavy (non-hydrogen) atoms. The lowest BCUT2D eigenvalue weighted by atomic mass is 10.1. The van der Waals surface area contributed by atoms with Crippen LogP contribution in [0.2, 0.25) is 0 Å². The topological polar surface area (TPSA) is 95.8 Å². The van der Waals surface area contributed by atoms with Crippen molar-refractivity contribution in [3.05, 3.63) is 42.9 Å². The van der Waals surface area contributed by atoms with Crippen molar-refractivity contribution in [3.63, 3.8) is 0 Å². The summed E-state index contributed by atoms with van der Waals surface area (Å²) in [5.41, 5.74) is 4.26. The normalized spacial score (nSPS) is 17.4. The number of aromatic amines is 1. The molecule has 0 radical (unpaired) electrons. The van der Waals surface area contributed by atoms with Crippen molar-refractivity contribution in [2.45, 2.75) is 18.9 Å². The molecule has 1 fully saturated rings. The third kappa shape index (κ3) is 3.01. The third-order valence-electron chi connectivity index (χ3n) is 5.15. The van der Waals surface area contributed by atoms with Gasteiger partial charge in [0.25, 0.3) is 0 Å². The molecule has 5 heterocycles. The Morgan fingerprint density at radius 3 is 2.96 bits per heavy atom. The van der Waals surface area contributed by atoms with E-state index in [9.17, 15) is 5.11 Å². The van der Waals surface area contributed by atoms with E-state index in [0.717, 1.165) is 58.8 Å². The number of pyridine rings is 2. The van der Waals surface area contributed by atoms with Crippen LogP contribution in [-0.2, 0) is 7.05 Å². The number of piperidine rings is 1. The molecule has 0 aliphatic carbocycles. The van der Waals surface area contributed by atoms with Crippen molar-refractivity contribution in [2.75, 3.05) is 18.0 Å². The zero-order valence-corrected chi connectivity index (χ0v) is 15.6. The molecule has 0 spiro atoms. The molecule has 4 aromatic rings. The van der Waals surface area contributed by atoms with Crippen LogP contribution < -0.4 is 4.90 Å². The van der Waals surface area contributed by atoms with Crippen LogP contribution >= 0.6 is 0 Å². The number of hydrogen-bond acceptors (Lipinski definition) is 6. The zero-order valence-electron chi connectivity index (χ0n) is 15.6. The summed E-state index contributed by atoms with van der Waals surface area (Å²) in [6.07, 6.45) is 7.06. The summed E-state index contributed by atoms with van der Waals surface area (Å²) < 4.78 is 1.76. The van der Waals surface area contributed by atoms with Crippen LogP contribution in [0.5, 0.6) is 0 Å². The van der Waals surface area contributed by atoms with Gasteiger partial charge in [-0.25, -0.2) is 4.98 Å². The van der Waals surface area contributed by atoms with E-state index in [-0.39, 0.29) is 6.10 Å². The van der Waals surface area contributed by atoms with E-state index in [0.29, 0.717) is 6.54 Å². The smallest absolute Gasteiger partial charge is 0.129 e. The number of aliphatic hydroxyl groups is 1. The van der Waals surface area contributed by atoms with E-state index in [1.54, 1.807) is 17.1 Å². The van der Waals surface area contributed by atoms with Gasteiger partial charge in [-0.2, -0.15) is 10.2 Å². The highest BCUT2D eigenvalue weighted by Crippen LogP contribution is 2.29. The van der Waals surface area contributed by atoms with Gasteiger partial charge in [0.2, 0.25) is 0 Å². The predicted octanol–water partition coefficient (Wildman–Crippen LogP) is 2.38. The number of H-pyrrole nitrogens is 1. The summed E-state index contributed by atoms with van der Waals surface area (Å²) >= 11 is 0. The molecule has 0 aromatic carbocycles. The number of fused-ring (bicyclic) bond motifs is 1. The highest BCUT2D eigenvalue weighted by atomic mass is 16.3. The van der Waals surface area contributed by atoms with Crippen molar-refractivity contribution in [3.8, 4) is 22.6 Å². The minimum absolute atomic E-state index is 0.293. The average molecular weight is 375 g/mol. The summed E-state index contributed by atoms with van der Waals surface area (Å²) in [5, 5.41) is 22.7. The number of aromatic nitrogens is 6. The SMILES string of the molecule is Cn1cc(-c2cc3c(-c4cccc(N5CCC[C@@H](O)C5)n4)n[nH]c3cn2)cn1. The second kappa shape index (κ2) is 6.72. The van der Waals surface area contributed by atoms with Crippen LogP contribution in [-0.4, -0.2) is 54.2 Å². The van der Waals surface area contributed by atoms with Gasteiger partial charge in [0.05, 0.1) is 35.4 Å². The van der Waals surface area contributed by atoms with Crippen LogP contribution in [0.4, 0.5) is 5.82 Å². The maximum Gasteiger partial charge on any atom is 0.129 e. The number of aliphatic hydroxyl groups excluding tert-OH is 1. The maximum atomic E-state index is 9.98. The fourth-order valence-electron chi connectivity index (χ4n) is 3.72. The van der Waals surface area contributed by atoms with E-state index < -0.39 is 0 Å². The molecule has 1 aliphatic heterocycles. The van der Waals surface area contributed by atoms with Crippen molar-refractivity contribution >= 4 is 16.7 Å². The Labute approximate surface area is 161 Å². The molecule has 1 atom stereocenters. The monoisotopic (exact) mass is 375 g/mol. The Balaban J connectivity index is 1.55. The largest absolute Gasteiger partial charge is 0.391 e. The average Bonchev–Trinajstić information content (AvgIpc) is 3.34. The first-order chi connectivity index (χ1) is 13.7. The Hall–Kier alpha value is -3.26. The molecule has 0 bridgehead atoms. The van der Waals surface area contributed by atoms with Crippen LogP contribution in [0.3, 0.4) is 0 Å². The molecule has 5 rings (SSSR count). The van der Waals surface area contributed by atoms with Gasteiger partial charge in [-0.15, -0.1) is 0 Å². The maximum absolute atomic E-state index is 9.98. The number of nitrogens with zero attached hydrogens (tertiary/aromatic N) is 6. The molecular formula is C20H21N7O. The first-order valence-electron chi connectivity index (χ1n) is 9.41. The lowest BCUT2D eigenvalue weighted by molar-refractivity contribution is 0.154. The molecular weight excluding hydrogens is 354 g/mol. The Morgan fingerprint density at radius 1 is 1.21 bits per heavy atom. The number of rotatable bonds is 3. The highest BCUT2D eigenvalue weighted by molar-refractivity contribution is 5.93. The quantitative estimate of drug-likeness (QED) is 0.571. The van der Waals surface area contributed by atoms with E-state index in [1.807, 2.05) is 37.5 Å². The van der Waals surface area contributed by atoms with E-state index >= 15 is 0 Å². The van der Waals surface area contributed by atoms with Gasteiger partial charge in [0.1, 0.15) is 11.5 Å². The summed E-state index contributed by atoms with van der Waals surface area (Å²) in [6.45, 7) is 1.52. The number of β-amino-alcohol motifs (C(OH)–C–C–N with tert-alkyl or cyclic N) is 1. The van der Waals surface area contributed by atoms with Crippen LogP contribution in [0.15, 0.2) is 42.9 Å². The molecule has 142 valence electrons. The van der Waals surface area contributed by atoms with E-state index in [2.05, 4.69) is 25.2 Å². The van der Waals surface area contributed by atoms with Crippen LogP contribution in [0.25, 0.3) is 33.5 Å². The first kappa shape index (κ1) is 16.9. The number of aryl methyl sites for hydroxylation is 1. The molecule has 4 aromatic heterocycles. The second-order valence-electron chi connectivity index (χ2n) is 7.21. The predicted molar refractivity (Wildman–Crippen MR) is 107 cm³/mol. The fourth-order valence-corrected chi connectivity index (χ4v) is 3.72. The fraction of sp³-hybridized carbons (Fsp3) is 0.300. The molecule has 0 amide bonds. The van der Waals surface area contributed by atoms with Crippen LogP contribution in [0, 0.1) is 0 Å². The Morgan fingerprint density at radius 2 is 2.14 bits per heavy atom. The highest BCUT2D eigenvalue weighted by Gasteiger charge is 2.20. The minimum atomic E-state index is -0.293. The summed E-state index contributed by atoms with van der Waals surface area (Å²) in [4.78, 5) is 11.5. The molecule has 8 heteroatoms. The van der Waals surface area contributed by atoms with Gasteiger partial charge in [-0.05, 0) is 31.0 Å². The van der Waals surface area contributed by atoms with Gasteiger partial charge in [0, 0.05) is 37.3 Å². The first-order valence-corrected chi connectivity index (χ1v) is 9.41. The van der Waals surface area contributed by atoms with E-state index in [4.69, 9.17) is 4.98 Å². The van der Waals surface area contributed by atoms with Gasteiger partial charge < -0.3 is 10.0 Å². The zero-order chi connectivity index (χ0) is 19.1. The molecule has 1 aliphatic rings. The number of anilines is 1. The van der Waals surface area contributed by atoms with Crippen molar-refractivity contribution in [1.82, 2.24) is 29.9 Å². The second-order valence-corrected chi connectivity index (χ2v) is 7.21. The molecule has 2 N–H and O–H groups in total. The van der Waals surface area contributed by atoms with E-state index in [1.165, 1.54) is 0 Å². The third-order valence-corrected chi connectivity index (χ3v) is 5.15. The summed E-state index contributed by atoms with van der Waals surface area (Å²) in [5.74, 6) is 0.869. The standard InChI is InChI=1S/C20H21N7O/c1-26-11-13(9-22-26)17-8-15-18(10-21-17)24-25-20(15)16-5-2-6-19(23-16)27-7-3-4-14(28)12-27/h2,5-6,8-11,14,28H,3-4,7,12H2,1H3,(H,24,25)/t14-/m1/s1. The lowest BCUT2D eigenvalue weighted by Crippen LogP contribution is -2.38. The van der Waals surface area contributed by atoms with Crippen LogP contribution in [0.1, 0.15) is 12.8 Å². The van der Waals surface area contributed by atoms with Gasteiger partial charge in [0.15, 0.2) is 0 Å². The van der Waals surface area contributed by atoms with Gasteiger partial charge in [-0.1, -0.05) is 6.07 Å². The molecule has 8 nitrogen and oxygen atoms in total. The molecule has 0 saturated carbocycles.